The molecule has 1 amide bonds. The third-order valence-electron chi connectivity index (χ3n) is 9.97. The van der Waals surface area contributed by atoms with E-state index >= 15 is 0 Å². The summed E-state index contributed by atoms with van der Waals surface area (Å²) in [6.45, 7) is 8.30. The molecule has 1 saturated carbocycles. The van der Waals surface area contributed by atoms with Gasteiger partial charge in [0, 0.05) is 35.5 Å². The van der Waals surface area contributed by atoms with E-state index in [0.717, 1.165) is 80.9 Å². The fourth-order valence-electron chi connectivity index (χ4n) is 6.97. The zero-order valence-corrected chi connectivity index (χ0v) is 26.7. The first-order chi connectivity index (χ1) is 20.3. The molecule has 0 saturated heterocycles. The number of ether oxygens (including phenoxy) is 1. The van der Waals surface area contributed by atoms with Gasteiger partial charge in [0.2, 0.25) is 0 Å². The molecule has 0 aromatic heterocycles. The lowest BCUT2D eigenvalue weighted by molar-refractivity contribution is -0.115. The zero-order valence-electron chi connectivity index (χ0n) is 25.2. The van der Waals surface area contributed by atoms with Gasteiger partial charge in [0.1, 0.15) is 23.0 Å². The van der Waals surface area contributed by atoms with Gasteiger partial charge in [-0.15, -0.1) is 0 Å². The van der Waals surface area contributed by atoms with Crippen molar-refractivity contribution in [3.05, 3.63) is 58.1 Å². The summed E-state index contributed by atoms with van der Waals surface area (Å²) in [6.07, 6.45) is 9.20. The molecule has 3 aliphatic rings. The van der Waals surface area contributed by atoms with Gasteiger partial charge in [-0.25, -0.2) is 4.21 Å². The van der Waals surface area contributed by atoms with Crippen LogP contribution in [-0.4, -0.2) is 41.3 Å². The molecule has 5 rings (SSSR count). The van der Waals surface area contributed by atoms with Crippen molar-refractivity contribution >= 4 is 40.5 Å². The number of carbonyl (C=O) groups is 2. The van der Waals surface area contributed by atoms with Crippen molar-refractivity contribution in [1.82, 2.24) is 4.72 Å². The monoisotopic (exact) mass is 612 g/mol. The summed E-state index contributed by atoms with van der Waals surface area (Å²) in [7, 11) is -1.51. The van der Waals surface area contributed by atoms with Crippen LogP contribution in [0, 0.1) is 23.7 Å². The van der Waals surface area contributed by atoms with Crippen molar-refractivity contribution in [3.63, 3.8) is 0 Å². The van der Waals surface area contributed by atoms with Gasteiger partial charge >= 0.3 is 0 Å². The van der Waals surface area contributed by atoms with E-state index < -0.39 is 11.0 Å². The summed E-state index contributed by atoms with van der Waals surface area (Å²) in [6, 6.07) is 11.8. The van der Waals surface area contributed by atoms with Crippen molar-refractivity contribution in [3.8, 4) is 5.75 Å². The van der Waals surface area contributed by atoms with E-state index in [4.69, 9.17) is 16.3 Å². The predicted molar refractivity (Wildman–Crippen MR) is 171 cm³/mol. The van der Waals surface area contributed by atoms with Crippen molar-refractivity contribution in [2.75, 3.05) is 24.6 Å². The van der Waals surface area contributed by atoms with Crippen molar-refractivity contribution < 1.29 is 18.5 Å². The Balaban J connectivity index is 1.51. The molecular weight excluding hydrogens is 568 g/mol. The Hall–Kier alpha value is -2.38. The number of hydrogen-bond donors (Lipinski definition) is 1. The van der Waals surface area contributed by atoms with Crippen LogP contribution in [0.4, 0.5) is 5.69 Å². The van der Waals surface area contributed by atoms with Gasteiger partial charge in [0.25, 0.3) is 5.91 Å². The van der Waals surface area contributed by atoms with E-state index in [-0.39, 0.29) is 28.9 Å². The normalized spacial score (nSPS) is 30.2. The summed E-state index contributed by atoms with van der Waals surface area (Å²) in [4.78, 5) is 28.0. The molecule has 1 N–H and O–H groups in total. The first-order valence-corrected chi connectivity index (χ1v) is 17.3. The number of benzene rings is 2. The molecule has 7 atom stereocenters. The van der Waals surface area contributed by atoms with Crippen LogP contribution in [0.2, 0.25) is 5.02 Å². The van der Waals surface area contributed by atoms with E-state index in [0.29, 0.717) is 24.0 Å². The molecule has 1 aliphatic carbocycles. The summed E-state index contributed by atoms with van der Waals surface area (Å²) in [5.41, 5.74) is 3.90. The SMILES string of the molecule is CCCCc1cc(Cl)ccc1C1COc2ccc3cc2N(C1)CC1CCC1C(C=O)CCCC(C)C(C)S(=O)NC3=O. The molecule has 2 bridgehead atoms. The summed E-state index contributed by atoms with van der Waals surface area (Å²) in [5, 5.41) is 0.567. The number of anilines is 1. The number of amides is 1. The third kappa shape index (κ3) is 6.88. The lowest BCUT2D eigenvalue weighted by atomic mass is 9.66. The molecule has 228 valence electrons. The van der Waals surface area contributed by atoms with Gasteiger partial charge in [-0.3, -0.25) is 9.52 Å². The average molecular weight is 613 g/mol. The maximum absolute atomic E-state index is 13.3. The zero-order chi connectivity index (χ0) is 29.8. The van der Waals surface area contributed by atoms with Crippen LogP contribution < -0.4 is 14.4 Å². The number of aryl methyl sites for hydroxylation is 1. The van der Waals surface area contributed by atoms with Crippen molar-refractivity contribution in [1.29, 1.82) is 0 Å². The van der Waals surface area contributed by atoms with E-state index in [1.54, 1.807) is 6.07 Å². The molecule has 2 aromatic carbocycles. The maximum Gasteiger partial charge on any atom is 0.263 e. The first-order valence-electron chi connectivity index (χ1n) is 15.8. The lowest BCUT2D eigenvalue weighted by Gasteiger charge is -2.43. The first kappa shape index (κ1) is 31.1. The third-order valence-corrected chi connectivity index (χ3v) is 11.7. The Bertz CT molecular complexity index is 1300. The smallest absolute Gasteiger partial charge is 0.263 e. The number of rotatable bonds is 5. The van der Waals surface area contributed by atoms with Crippen LogP contribution in [0.5, 0.6) is 5.75 Å². The second-order valence-corrected chi connectivity index (χ2v) is 14.7. The molecule has 0 radical (unpaired) electrons. The fourth-order valence-corrected chi connectivity index (χ4v) is 8.21. The standard InChI is InChI=1S/C34H45ClN2O4S/c1-4-5-8-24-16-29(35)12-14-30(24)28-19-37-18-26-10-13-31(26)27(20-38)9-6-7-22(2)23(3)42(40)36-34(39)25-11-15-33(41-21-28)32(37)17-25/h11-12,14-17,20,22-23,26-28,31H,4-10,13,18-19,21H2,1-3H3,(H,36,39). The average Bonchev–Trinajstić information content (AvgIpc) is 3.15. The van der Waals surface area contributed by atoms with E-state index in [2.05, 4.69) is 35.6 Å². The second-order valence-electron chi connectivity index (χ2n) is 12.7. The second kappa shape index (κ2) is 13.9. The van der Waals surface area contributed by atoms with Crippen LogP contribution >= 0.6 is 11.6 Å². The molecule has 2 aliphatic heterocycles. The fraction of sp³-hybridized carbons (Fsp3) is 0.588. The number of unbranched alkanes of at least 4 members (excludes halogenated alkanes) is 1. The van der Waals surface area contributed by atoms with E-state index in [9.17, 15) is 13.8 Å². The number of nitrogens with one attached hydrogen (secondary N) is 1. The van der Waals surface area contributed by atoms with Gasteiger partial charge in [-0.2, -0.15) is 0 Å². The topological polar surface area (TPSA) is 75.7 Å². The minimum Gasteiger partial charge on any atom is -0.491 e. The largest absolute Gasteiger partial charge is 0.491 e. The molecule has 6 nitrogen and oxygen atoms in total. The van der Waals surface area contributed by atoms with Gasteiger partial charge < -0.3 is 14.4 Å². The van der Waals surface area contributed by atoms with Crippen molar-refractivity contribution in [2.45, 2.75) is 83.3 Å². The Morgan fingerprint density at radius 3 is 2.67 bits per heavy atom. The van der Waals surface area contributed by atoms with E-state index in [1.807, 2.05) is 25.1 Å². The number of halogens is 1. The Morgan fingerprint density at radius 2 is 1.93 bits per heavy atom. The summed E-state index contributed by atoms with van der Waals surface area (Å²) < 4.78 is 22.3. The molecular formula is C34H45ClN2O4S. The molecule has 0 spiro atoms. The Kier molecular flexibility index (Phi) is 10.3. The Labute approximate surface area is 258 Å². The highest BCUT2D eigenvalue weighted by molar-refractivity contribution is 7.84. The molecule has 7 unspecified atom stereocenters. The molecule has 2 heterocycles. The number of nitrogens with zero attached hydrogens (tertiary/aromatic N) is 1. The number of carbonyl (C=O) groups excluding carboxylic acids is 2. The quantitative estimate of drug-likeness (QED) is 0.364. The van der Waals surface area contributed by atoms with Gasteiger partial charge in [0.05, 0.1) is 17.5 Å². The highest BCUT2D eigenvalue weighted by Gasteiger charge is 2.39. The van der Waals surface area contributed by atoms with Crippen molar-refractivity contribution in [2.24, 2.45) is 23.7 Å². The van der Waals surface area contributed by atoms with Gasteiger partial charge in [-0.05, 0) is 105 Å². The molecule has 42 heavy (non-hydrogen) atoms. The maximum atomic E-state index is 13.3. The molecule has 2 aromatic rings. The minimum absolute atomic E-state index is 0.0473. The van der Waals surface area contributed by atoms with Crippen LogP contribution in [0.15, 0.2) is 36.4 Å². The lowest BCUT2D eigenvalue weighted by Crippen LogP contribution is -2.43. The number of hydrogen-bond acceptors (Lipinski definition) is 5. The van der Waals surface area contributed by atoms with Crippen LogP contribution in [0.3, 0.4) is 0 Å². The molecule has 8 heteroatoms. The number of aldehydes is 1. The number of fused-ring (bicyclic) bond motifs is 2. The predicted octanol–water partition coefficient (Wildman–Crippen LogP) is 7.11. The summed E-state index contributed by atoms with van der Waals surface area (Å²) >= 11 is 6.43. The van der Waals surface area contributed by atoms with Crippen LogP contribution in [0.1, 0.15) is 93.1 Å². The van der Waals surface area contributed by atoms with Gasteiger partial charge in [0.15, 0.2) is 0 Å². The van der Waals surface area contributed by atoms with Crippen LogP contribution in [0.25, 0.3) is 0 Å². The minimum atomic E-state index is -1.51. The summed E-state index contributed by atoms with van der Waals surface area (Å²) in [5.74, 6) is 1.55. The van der Waals surface area contributed by atoms with Gasteiger partial charge in [-0.1, -0.05) is 44.4 Å². The highest BCUT2D eigenvalue weighted by atomic mass is 35.5. The van der Waals surface area contributed by atoms with E-state index in [1.165, 1.54) is 17.4 Å². The highest BCUT2D eigenvalue weighted by Crippen LogP contribution is 2.44. The van der Waals surface area contributed by atoms with Crippen LogP contribution in [-0.2, 0) is 22.2 Å². The molecule has 1 fully saturated rings. The Morgan fingerprint density at radius 1 is 1.10 bits per heavy atom.